The summed E-state index contributed by atoms with van der Waals surface area (Å²) in [6.07, 6.45) is 4.24. The Hall–Kier alpha value is -4.18. The fraction of sp³-hybridized carbons (Fsp3) is 0.280. The quantitative estimate of drug-likeness (QED) is 0.275. The van der Waals surface area contributed by atoms with E-state index in [-0.39, 0.29) is 13.2 Å². The van der Waals surface area contributed by atoms with Crippen molar-refractivity contribution in [1.29, 1.82) is 0 Å². The van der Waals surface area contributed by atoms with Crippen molar-refractivity contribution in [2.24, 2.45) is 5.10 Å². The molecule has 2 N–H and O–H groups in total. The molecule has 1 aliphatic heterocycles. The first-order valence-electron chi connectivity index (χ1n) is 11.3. The van der Waals surface area contributed by atoms with Crippen LogP contribution in [0.5, 0.6) is 11.6 Å². The molecule has 1 fully saturated rings. The zero-order valence-corrected chi connectivity index (χ0v) is 19.5. The first-order chi connectivity index (χ1) is 17.2. The summed E-state index contributed by atoms with van der Waals surface area (Å²) in [6, 6.07) is 15.2. The highest BCUT2D eigenvalue weighted by Gasteiger charge is 2.14. The summed E-state index contributed by atoms with van der Waals surface area (Å²) < 4.78 is 16.4. The van der Waals surface area contributed by atoms with Crippen molar-refractivity contribution < 1.29 is 19.0 Å². The number of aromatic nitrogens is 2. The molecule has 0 unspecified atom stereocenters. The lowest BCUT2D eigenvalue weighted by molar-refractivity contribution is 0.122. The Labute approximate surface area is 203 Å². The van der Waals surface area contributed by atoms with Crippen LogP contribution in [0.1, 0.15) is 11.1 Å². The third-order valence-corrected chi connectivity index (χ3v) is 5.06. The summed E-state index contributed by atoms with van der Waals surface area (Å²) in [6.45, 7) is 5.37. The van der Waals surface area contributed by atoms with Gasteiger partial charge < -0.3 is 24.4 Å². The molecule has 1 aliphatic rings. The van der Waals surface area contributed by atoms with E-state index >= 15 is 0 Å². The van der Waals surface area contributed by atoms with Crippen molar-refractivity contribution in [2.45, 2.75) is 6.92 Å². The second kappa shape index (κ2) is 12.3. The van der Waals surface area contributed by atoms with Gasteiger partial charge in [0.15, 0.2) is 11.6 Å². The number of ether oxygens (including phenoxy) is 3. The Morgan fingerprint density at radius 1 is 1.20 bits per heavy atom. The topological polar surface area (TPSA) is 110 Å². The molecular weight excluding hydrogens is 448 g/mol. The van der Waals surface area contributed by atoms with Gasteiger partial charge in [0, 0.05) is 37.1 Å². The van der Waals surface area contributed by atoms with Crippen molar-refractivity contribution >= 4 is 23.8 Å². The van der Waals surface area contributed by atoms with E-state index < -0.39 is 6.09 Å². The van der Waals surface area contributed by atoms with Crippen LogP contribution in [-0.4, -0.2) is 61.7 Å². The van der Waals surface area contributed by atoms with Crippen molar-refractivity contribution in [3.8, 4) is 11.6 Å². The Morgan fingerprint density at radius 3 is 2.89 bits per heavy atom. The number of morpholine rings is 1. The molecule has 3 aromatic rings. The number of carbonyl (C=O) groups excluding carboxylic acids is 1. The molecule has 0 atom stereocenters. The van der Waals surface area contributed by atoms with E-state index in [4.69, 9.17) is 14.2 Å². The highest BCUT2D eigenvalue weighted by Crippen LogP contribution is 2.24. The molecule has 10 nitrogen and oxygen atoms in total. The summed E-state index contributed by atoms with van der Waals surface area (Å²) in [4.78, 5) is 22.5. The number of hydrogen-bond acceptors (Lipinski definition) is 9. The normalized spacial score (nSPS) is 13.5. The number of rotatable bonds is 9. The smallest absolute Gasteiger partial charge is 0.412 e. The maximum Gasteiger partial charge on any atom is 0.412 e. The van der Waals surface area contributed by atoms with Crippen LogP contribution in [-0.2, 0) is 4.74 Å². The van der Waals surface area contributed by atoms with Crippen LogP contribution in [0.4, 0.5) is 16.3 Å². The third kappa shape index (κ3) is 7.68. The average molecular weight is 477 g/mol. The standard InChI is InChI=1S/C25H28N6O4/c1-19-4-2-5-20(14-19)17-28-30-23-15-21(31-9-12-33-13-10-31)16-24(29-23)34-11-8-27-25(32)35-22-6-3-7-26-18-22/h2-7,14-18H,8-13H2,1H3,(H,27,32)(H,29,30)/b28-17+. The molecular formula is C25H28N6O4. The Balaban J connectivity index is 1.36. The van der Waals surface area contributed by atoms with Crippen LogP contribution >= 0.6 is 0 Å². The molecule has 1 amide bonds. The van der Waals surface area contributed by atoms with Crippen LogP contribution in [0.15, 0.2) is 66.0 Å². The van der Waals surface area contributed by atoms with Gasteiger partial charge >= 0.3 is 6.09 Å². The third-order valence-electron chi connectivity index (χ3n) is 5.06. The van der Waals surface area contributed by atoms with Gasteiger partial charge in [0.1, 0.15) is 6.61 Å². The van der Waals surface area contributed by atoms with Gasteiger partial charge in [0.2, 0.25) is 5.88 Å². The van der Waals surface area contributed by atoms with Gasteiger partial charge in [-0.05, 0) is 24.6 Å². The van der Waals surface area contributed by atoms with Gasteiger partial charge in [0.05, 0.1) is 32.2 Å². The number of hydrogen-bond donors (Lipinski definition) is 2. The minimum Gasteiger partial charge on any atom is -0.476 e. The van der Waals surface area contributed by atoms with Gasteiger partial charge in [-0.15, -0.1) is 0 Å². The Bertz CT molecular complexity index is 1140. The highest BCUT2D eigenvalue weighted by molar-refractivity contribution is 5.80. The van der Waals surface area contributed by atoms with Crippen LogP contribution in [0.2, 0.25) is 0 Å². The maximum atomic E-state index is 11.9. The number of pyridine rings is 2. The predicted octanol–water partition coefficient (Wildman–Crippen LogP) is 3.24. The average Bonchev–Trinajstić information content (AvgIpc) is 2.88. The fourth-order valence-corrected chi connectivity index (χ4v) is 3.41. The number of carbonyl (C=O) groups is 1. The van der Waals surface area contributed by atoms with Gasteiger partial charge in [-0.3, -0.25) is 10.4 Å². The van der Waals surface area contributed by atoms with Crippen LogP contribution in [0.25, 0.3) is 0 Å². The molecule has 10 heteroatoms. The summed E-state index contributed by atoms with van der Waals surface area (Å²) in [5.74, 6) is 1.34. The molecule has 0 spiro atoms. The Kier molecular flexibility index (Phi) is 8.44. The molecule has 0 radical (unpaired) electrons. The number of hydrazone groups is 1. The molecule has 0 aliphatic carbocycles. The number of nitrogens with zero attached hydrogens (tertiary/aromatic N) is 4. The molecule has 182 valence electrons. The van der Waals surface area contributed by atoms with Crippen LogP contribution < -0.4 is 25.1 Å². The Morgan fingerprint density at radius 2 is 2.09 bits per heavy atom. The first kappa shape index (κ1) is 24.0. The lowest BCUT2D eigenvalue weighted by Gasteiger charge is -2.29. The second-order valence-corrected chi connectivity index (χ2v) is 7.79. The van der Waals surface area contributed by atoms with Crippen molar-refractivity contribution in [1.82, 2.24) is 15.3 Å². The number of anilines is 2. The molecule has 0 bridgehead atoms. The molecule has 2 aromatic heterocycles. The summed E-state index contributed by atoms with van der Waals surface area (Å²) in [5, 5.41) is 6.97. The zero-order chi connectivity index (χ0) is 24.3. The van der Waals surface area contributed by atoms with Gasteiger partial charge in [0.25, 0.3) is 0 Å². The van der Waals surface area contributed by atoms with Crippen LogP contribution in [0.3, 0.4) is 0 Å². The van der Waals surface area contributed by atoms with Crippen molar-refractivity contribution in [3.05, 3.63) is 72.1 Å². The van der Waals surface area contributed by atoms with Gasteiger partial charge in [-0.1, -0.05) is 29.8 Å². The van der Waals surface area contributed by atoms with E-state index in [9.17, 15) is 4.79 Å². The van der Waals surface area contributed by atoms with E-state index in [1.54, 1.807) is 24.5 Å². The summed E-state index contributed by atoms with van der Waals surface area (Å²) in [5.41, 5.74) is 6.10. The van der Waals surface area contributed by atoms with Gasteiger partial charge in [-0.25, -0.2) is 4.79 Å². The molecule has 3 heterocycles. The van der Waals surface area contributed by atoms with E-state index in [0.717, 1.165) is 29.9 Å². The zero-order valence-electron chi connectivity index (χ0n) is 19.5. The first-order valence-corrected chi connectivity index (χ1v) is 11.3. The van der Waals surface area contributed by atoms with Crippen LogP contribution in [0, 0.1) is 6.92 Å². The SMILES string of the molecule is Cc1cccc(/C=N/Nc2cc(N3CCOCC3)cc(OCCNC(=O)Oc3cccnc3)n2)c1. The highest BCUT2D eigenvalue weighted by atomic mass is 16.6. The fourth-order valence-electron chi connectivity index (χ4n) is 3.41. The number of nitrogens with one attached hydrogen (secondary N) is 2. The van der Waals surface area contributed by atoms with Crippen molar-refractivity contribution in [3.63, 3.8) is 0 Å². The van der Waals surface area contributed by atoms with E-state index in [0.29, 0.717) is 30.7 Å². The number of amides is 1. The molecule has 0 saturated carbocycles. The summed E-state index contributed by atoms with van der Waals surface area (Å²) >= 11 is 0. The molecule has 1 aromatic carbocycles. The maximum absolute atomic E-state index is 11.9. The molecule has 4 rings (SSSR count). The second-order valence-electron chi connectivity index (χ2n) is 7.79. The molecule has 35 heavy (non-hydrogen) atoms. The van der Waals surface area contributed by atoms with E-state index in [1.165, 1.54) is 6.20 Å². The van der Waals surface area contributed by atoms with Crippen molar-refractivity contribution in [2.75, 3.05) is 49.8 Å². The summed E-state index contributed by atoms with van der Waals surface area (Å²) in [7, 11) is 0. The number of benzene rings is 1. The largest absolute Gasteiger partial charge is 0.476 e. The van der Waals surface area contributed by atoms with E-state index in [1.807, 2.05) is 43.3 Å². The number of aryl methyl sites for hydroxylation is 1. The molecule has 1 saturated heterocycles. The lowest BCUT2D eigenvalue weighted by Crippen LogP contribution is -2.36. The monoisotopic (exact) mass is 476 g/mol. The van der Waals surface area contributed by atoms with Gasteiger partial charge in [-0.2, -0.15) is 10.1 Å². The van der Waals surface area contributed by atoms with E-state index in [2.05, 4.69) is 30.7 Å². The minimum absolute atomic E-state index is 0.216. The predicted molar refractivity (Wildman–Crippen MR) is 133 cm³/mol. The minimum atomic E-state index is -0.579. The lowest BCUT2D eigenvalue weighted by atomic mass is 10.2.